The van der Waals surface area contributed by atoms with Gasteiger partial charge in [-0.15, -0.1) is 0 Å². The highest BCUT2D eigenvalue weighted by atomic mass is 16.5. The molecule has 0 aliphatic heterocycles. The van der Waals surface area contributed by atoms with Gasteiger partial charge in [0.1, 0.15) is 5.75 Å². The molecule has 1 rings (SSSR count). The first-order valence-electron chi connectivity index (χ1n) is 7.59. The molecule has 1 aromatic rings. The summed E-state index contributed by atoms with van der Waals surface area (Å²) in [7, 11) is 1.67. The number of amides is 1. The van der Waals surface area contributed by atoms with Crippen LogP contribution in [-0.4, -0.2) is 47.9 Å². The molecule has 0 bridgehead atoms. The normalized spacial score (nSPS) is 10.2. The Labute approximate surface area is 136 Å². The van der Waals surface area contributed by atoms with Crippen molar-refractivity contribution >= 4 is 17.7 Å². The minimum Gasteiger partial charge on any atom is -0.494 e. The number of carboxylic acid groups (broad SMARTS) is 1. The molecule has 1 aromatic carbocycles. The number of aliphatic carboxylic acids is 1. The van der Waals surface area contributed by atoms with E-state index >= 15 is 0 Å². The van der Waals surface area contributed by atoms with Crippen molar-refractivity contribution in [1.82, 2.24) is 4.90 Å². The summed E-state index contributed by atoms with van der Waals surface area (Å²) >= 11 is 0. The van der Waals surface area contributed by atoms with Gasteiger partial charge in [0.2, 0.25) is 5.91 Å². The van der Waals surface area contributed by atoms with Crippen LogP contribution in [0.4, 0.5) is 0 Å². The number of carbonyl (C=O) groups excluding carboxylic acids is 2. The predicted octanol–water partition coefficient (Wildman–Crippen LogP) is 2.37. The molecule has 0 unspecified atom stereocenters. The van der Waals surface area contributed by atoms with Gasteiger partial charge in [-0.1, -0.05) is 12.1 Å². The minimum atomic E-state index is -0.855. The van der Waals surface area contributed by atoms with E-state index in [0.29, 0.717) is 43.7 Å². The molecule has 0 fully saturated rings. The molecule has 0 saturated heterocycles. The summed E-state index contributed by atoms with van der Waals surface area (Å²) in [4.78, 5) is 35.1. The van der Waals surface area contributed by atoms with Crippen molar-refractivity contribution in [3.05, 3.63) is 29.8 Å². The van der Waals surface area contributed by atoms with Gasteiger partial charge in [0.25, 0.3) is 0 Å². The third kappa shape index (κ3) is 7.44. The number of ether oxygens (including phenoxy) is 1. The number of nitrogens with zero attached hydrogens (tertiary/aromatic N) is 1. The Kier molecular flexibility index (Phi) is 7.80. The molecule has 0 aliphatic rings. The molecular weight excluding hydrogens is 298 g/mol. The molecule has 0 aliphatic carbocycles. The monoisotopic (exact) mass is 321 g/mol. The van der Waals surface area contributed by atoms with Crippen molar-refractivity contribution in [2.75, 3.05) is 20.2 Å². The van der Waals surface area contributed by atoms with Crippen LogP contribution in [0.3, 0.4) is 0 Å². The number of carbonyl (C=O) groups is 3. The van der Waals surface area contributed by atoms with Crippen molar-refractivity contribution in [2.24, 2.45) is 0 Å². The number of Topliss-reactive ketones (excluding diaryl/α,β-unsaturated/α-hetero) is 1. The van der Waals surface area contributed by atoms with Crippen molar-refractivity contribution in [1.29, 1.82) is 0 Å². The fraction of sp³-hybridized carbons (Fsp3) is 0.471. The average Bonchev–Trinajstić information content (AvgIpc) is 2.51. The number of hydrogen-bond acceptors (Lipinski definition) is 4. The van der Waals surface area contributed by atoms with Gasteiger partial charge in [-0.2, -0.15) is 0 Å². The molecule has 0 radical (unpaired) electrons. The Morgan fingerprint density at radius 2 is 1.91 bits per heavy atom. The van der Waals surface area contributed by atoms with E-state index in [9.17, 15) is 14.4 Å². The summed E-state index contributed by atoms with van der Waals surface area (Å²) in [5.41, 5.74) is 0.594. The minimum absolute atomic E-state index is 0.0198. The second kappa shape index (κ2) is 9.61. The maximum Gasteiger partial charge on any atom is 0.303 e. The van der Waals surface area contributed by atoms with E-state index in [1.54, 1.807) is 36.2 Å². The first-order chi connectivity index (χ1) is 10.9. The van der Waals surface area contributed by atoms with Gasteiger partial charge in [0, 0.05) is 32.0 Å². The molecule has 0 heterocycles. The van der Waals surface area contributed by atoms with Crippen LogP contribution in [-0.2, 0) is 9.59 Å². The lowest BCUT2D eigenvalue weighted by Crippen LogP contribution is -2.28. The lowest BCUT2D eigenvalue weighted by Gasteiger charge is -2.16. The number of carboxylic acids is 1. The van der Waals surface area contributed by atoms with Crippen LogP contribution >= 0.6 is 0 Å². The Balaban J connectivity index is 2.26. The zero-order valence-electron chi connectivity index (χ0n) is 13.6. The smallest absolute Gasteiger partial charge is 0.303 e. The Morgan fingerprint density at radius 3 is 2.57 bits per heavy atom. The van der Waals surface area contributed by atoms with Crippen LogP contribution in [0.15, 0.2) is 24.3 Å². The number of ketones is 1. The van der Waals surface area contributed by atoms with Gasteiger partial charge in [0.15, 0.2) is 5.78 Å². The number of benzene rings is 1. The Morgan fingerprint density at radius 1 is 1.17 bits per heavy atom. The molecule has 0 spiro atoms. The van der Waals surface area contributed by atoms with Gasteiger partial charge >= 0.3 is 5.97 Å². The van der Waals surface area contributed by atoms with E-state index < -0.39 is 5.97 Å². The largest absolute Gasteiger partial charge is 0.494 e. The third-order valence-corrected chi connectivity index (χ3v) is 3.35. The lowest BCUT2D eigenvalue weighted by atomic mass is 10.1. The van der Waals surface area contributed by atoms with E-state index in [0.717, 1.165) is 0 Å². The van der Waals surface area contributed by atoms with Gasteiger partial charge in [0.05, 0.1) is 6.61 Å². The highest BCUT2D eigenvalue weighted by Gasteiger charge is 2.09. The second-order valence-corrected chi connectivity index (χ2v) is 5.35. The van der Waals surface area contributed by atoms with E-state index in [1.165, 1.54) is 6.92 Å². The highest BCUT2D eigenvalue weighted by molar-refractivity contribution is 5.94. The number of hydrogen-bond donors (Lipinski definition) is 1. The van der Waals surface area contributed by atoms with E-state index in [2.05, 4.69) is 0 Å². The molecule has 0 aromatic heterocycles. The van der Waals surface area contributed by atoms with Crippen LogP contribution in [0, 0.1) is 0 Å². The predicted molar refractivity (Wildman–Crippen MR) is 85.7 cm³/mol. The van der Waals surface area contributed by atoms with Crippen LogP contribution in [0.1, 0.15) is 43.0 Å². The fourth-order valence-electron chi connectivity index (χ4n) is 2.00. The van der Waals surface area contributed by atoms with Gasteiger partial charge in [-0.3, -0.25) is 14.4 Å². The second-order valence-electron chi connectivity index (χ2n) is 5.35. The van der Waals surface area contributed by atoms with Crippen LogP contribution < -0.4 is 4.74 Å². The summed E-state index contributed by atoms with van der Waals surface area (Å²) in [5.74, 6) is -0.294. The van der Waals surface area contributed by atoms with Crippen LogP contribution in [0.2, 0.25) is 0 Å². The van der Waals surface area contributed by atoms with Gasteiger partial charge in [-0.25, -0.2) is 0 Å². The summed E-state index contributed by atoms with van der Waals surface area (Å²) in [6.45, 7) is 2.32. The standard InChI is InChI=1S/C17H23NO5/c1-13(19)14-6-3-7-15(12-14)23-11-5-8-16(20)18(2)10-4-9-17(21)22/h3,6-7,12H,4-5,8-11H2,1-2H3,(H,21,22). The van der Waals surface area contributed by atoms with Crippen LogP contribution in [0.5, 0.6) is 5.75 Å². The van der Waals surface area contributed by atoms with Crippen LogP contribution in [0.25, 0.3) is 0 Å². The first-order valence-corrected chi connectivity index (χ1v) is 7.59. The van der Waals surface area contributed by atoms with E-state index in [1.807, 2.05) is 0 Å². The zero-order valence-corrected chi connectivity index (χ0v) is 13.6. The first kappa shape index (κ1) is 18.7. The van der Waals surface area contributed by atoms with E-state index in [4.69, 9.17) is 9.84 Å². The highest BCUT2D eigenvalue weighted by Crippen LogP contribution is 2.14. The molecular formula is C17H23NO5. The molecule has 1 N–H and O–H groups in total. The summed E-state index contributed by atoms with van der Waals surface area (Å²) in [6, 6.07) is 6.94. The molecule has 0 atom stereocenters. The zero-order chi connectivity index (χ0) is 17.2. The number of rotatable bonds is 10. The fourth-order valence-corrected chi connectivity index (χ4v) is 2.00. The van der Waals surface area contributed by atoms with E-state index in [-0.39, 0.29) is 18.1 Å². The Hall–Kier alpha value is -2.37. The van der Waals surface area contributed by atoms with Crippen molar-refractivity contribution in [2.45, 2.75) is 32.6 Å². The molecule has 1 amide bonds. The summed E-state index contributed by atoms with van der Waals surface area (Å²) in [6.07, 6.45) is 1.42. The summed E-state index contributed by atoms with van der Waals surface area (Å²) in [5, 5.41) is 8.56. The molecule has 6 nitrogen and oxygen atoms in total. The lowest BCUT2D eigenvalue weighted by molar-refractivity contribution is -0.138. The maximum absolute atomic E-state index is 11.9. The third-order valence-electron chi connectivity index (χ3n) is 3.35. The van der Waals surface area contributed by atoms with Crippen molar-refractivity contribution < 1.29 is 24.2 Å². The quantitative estimate of drug-likeness (QED) is 0.528. The van der Waals surface area contributed by atoms with Gasteiger partial charge in [-0.05, 0) is 31.9 Å². The summed E-state index contributed by atoms with van der Waals surface area (Å²) < 4.78 is 5.54. The SMILES string of the molecule is CC(=O)c1cccc(OCCCC(=O)N(C)CCCC(=O)O)c1. The molecule has 126 valence electrons. The molecule has 6 heteroatoms. The molecule has 0 saturated carbocycles. The maximum atomic E-state index is 11.9. The Bertz CT molecular complexity index is 556. The van der Waals surface area contributed by atoms with Gasteiger partial charge < -0.3 is 14.7 Å². The molecule has 23 heavy (non-hydrogen) atoms. The van der Waals surface area contributed by atoms with Crippen molar-refractivity contribution in [3.8, 4) is 5.75 Å². The van der Waals surface area contributed by atoms with Crippen molar-refractivity contribution in [3.63, 3.8) is 0 Å². The average molecular weight is 321 g/mol. The topological polar surface area (TPSA) is 83.9 Å².